The quantitative estimate of drug-likeness (QED) is 0.811. The molecule has 0 aromatic heterocycles. The Balaban J connectivity index is 0.00000225. The highest BCUT2D eigenvalue weighted by Gasteiger charge is 2.28. The van der Waals surface area contributed by atoms with Gasteiger partial charge in [-0.15, -0.1) is 12.4 Å². The van der Waals surface area contributed by atoms with E-state index in [0.29, 0.717) is 5.92 Å². The summed E-state index contributed by atoms with van der Waals surface area (Å²) in [5, 5.41) is 0. The van der Waals surface area contributed by atoms with Gasteiger partial charge in [0.25, 0.3) is 0 Å². The van der Waals surface area contributed by atoms with Crippen LogP contribution >= 0.6 is 12.4 Å². The minimum absolute atomic E-state index is 0. The summed E-state index contributed by atoms with van der Waals surface area (Å²) in [5.74, 6) is 0.370. The molecule has 0 saturated carbocycles. The van der Waals surface area contributed by atoms with Crippen LogP contribution < -0.4 is 5.73 Å². The van der Waals surface area contributed by atoms with Crippen molar-refractivity contribution < 1.29 is 9.53 Å². The van der Waals surface area contributed by atoms with E-state index in [-0.39, 0.29) is 24.4 Å². The Bertz CT molecular complexity index is 208. The van der Waals surface area contributed by atoms with Crippen LogP contribution in [-0.4, -0.2) is 43.7 Å². The second-order valence-electron chi connectivity index (χ2n) is 4.24. The van der Waals surface area contributed by atoms with E-state index in [0.717, 1.165) is 39.0 Å². The molecule has 1 aliphatic rings. The number of likely N-dealkylation sites (N-methyl/N-ethyl adjacent to an activating group) is 1. The topological polar surface area (TPSA) is 55.6 Å². The van der Waals surface area contributed by atoms with Crippen LogP contribution in [-0.2, 0) is 9.53 Å². The number of carbonyl (C=O) groups is 1. The normalized spacial score (nSPS) is 18.7. The molecule has 4 nitrogen and oxygen atoms in total. The maximum absolute atomic E-state index is 11.9. The van der Waals surface area contributed by atoms with Gasteiger partial charge in [0.2, 0.25) is 5.91 Å². The Labute approximate surface area is 104 Å². The number of rotatable bonds is 4. The number of ether oxygens (including phenoxy) is 1. The van der Waals surface area contributed by atoms with Gasteiger partial charge in [-0.05, 0) is 25.2 Å². The highest BCUT2D eigenvalue weighted by molar-refractivity contribution is 5.85. The Morgan fingerprint density at radius 2 is 2.06 bits per heavy atom. The summed E-state index contributed by atoms with van der Waals surface area (Å²) in [6, 6.07) is -0.342. The number of halogens is 1. The predicted octanol–water partition coefficient (Wildman–Crippen LogP) is 1.03. The Morgan fingerprint density at radius 1 is 1.50 bits per heavy atom. The minimum Gasteiger partial charge on any atom is -0.381 e. The van der Waals surface area contributed by atoms with Gasteiger partial charge in [-0.3, -0.25) is 4.79 Å². The predicted molar refractivity (Wildman–Crippen MR) is 66.7 cm³/mol. The molecule has 1 heterocycles. The SMILES string of the molecule is CCCN(C)C(=O)C(N)C1CCOCC1.Cl. The molecule has 1 unspecified atom stereocenters. The fraction of sp³-hybridized carbons (Fsp3) is 0.909. The second-order valence-corrected chi connectivity index (χ2v) is 4.24. The fourth-order valence-electron chi connectivity index (χ4n) is 1.98. The lowest BCUT2D eigenvalue weighted by molar-refractivity contribution is -0.133. The average Bonchev–Trinajstić information content (AvgIpc) is 2.28. The fourth-order valence-corrected chi connectivity index (χ4v) is 1.98. The standard InChI is InChI=1S/C11H22N2O2.ClH/c1-3-6-13(2)11(14)10(12)9-4-7-15-8-5-9;/h9-10H,3-8,12H2,1-2H3;1H. The van der Waals surface area contributed by atoms with Gasteiger partial charge in [-0.2, -0.15) is 0 Å². The van der Waals surface area contributed by atoms with Crippen molar-refractivity contribution in [2.45, 2.75) is 32.2 Å². The zero-order valence-electron chi connectivity index (χ0n) is 10.1. The Kier molecular flexibility index (Phi) is 7.72. The van der Waals surface area contributed by atoms with Gasteiger partial charge < -0.3 is 15.4 Å². The van der Waals surface area contributed by atoms with Crippen molar-refractivity contribution in [2.75, 3.05) is 26.8 Å². The molecule has 0 bridgehead atoms. The molecule has 1 saturated heterocycles. The summed E-state index contributed by atoms with van der Waals surface area (Å²) >= 11 is 0. The van der Waals surface area contributed by atoms with Crippen LogP contribution in [0.5, 0.6) is 0 Å². The largest absolute Gasteiger partial charge is 0.381 e. The highest BCUT2D eigenvalue weighted by Crippen LogP contribution is 2.18. The number of hydrogen-bond donors (Lipinski definition) is 1. The number of nitrogens with zero attached hydrogens (tertiary/aromatic N) is 1. The second kappa shape index (κ2) is 7.87. The third kappa shape index (κ3) is 4.28. The van der Waals surface area contributed by atoms with Crippen molar-refractivity contribution in [1.29, 1.82) is 0 Å². The first-order valence-electron chi connectivity index (χ1n) is 5.75. The molecule has 0 spiro atoms. The number of nitrogens with two attached hydrogens (primary N) is 1. The molecule has 2 N–H and O–H groups in total. The van der Waals surface area contributed by atoms with Gasteiger partial charge in [0.05, 0.1) is 6.04 Å². The van der Waals surface area contributed by atoms with Gasteiger partial charge in [0.1, 0.15) is 0 Å². The molecule has 1 rings (SSSR count). The van der Waals surface area contributed by atoms with Gasteiger partial charge in [-0.1, -0.05) is 6.92 Å². The lowest BCUT2D eigenvalue weighted by atomic mass is 9.91. The monoisotopic (exact) mass is 250 g/mol. The molecule has 1 atom stereocenters. The Morgan fingerprint density at radius 3 is 2.56 bits per heavy atom. The smallest absolute Gasteiger partial charge is 0.239 e. The van der Waals surface area contributed by atoms with Gasteiger partial charge in [0, 0.05) is 26.8 Å². The summed E-state index contributed by atoms with van der Waals surface area (Å²) in [6.07, 6.45) is 2.79. The van der Waals surface area contributed by atoms with E-state index >= 15 is 0 Å². The molecular formula is C11H23ClN2O2. The summed E-state index contributed by atoms with van der Waals surface area (Å²) < 4.78 is 5.26. The van der Waals surface area contributed by atoms with Gasteiger partial charge >= 0.3 is 0 Å². The third-order valence-corrected chi connectivity index (χ3v) is 2.99. The van der Waals surface area contributed by atoms with Crippen LogP contribution in [0.2, 0.25) is 0 Å². The summed E-state index contributed by atoms with van der Waals surface area (Å²) in [4.78, 5) is 13.6. The van der Waals surface area contributed by atoms with Crippen molar-refractivity contribution in [3.63, 3.8) is 0 Å². The van der Waals surface area contributed by atoms with E-state index in [1.54, 1.807) is 4.90 Å². The minimum atomic E-state index is -0.342. The average molecular weight is 251 g/mol. The summed E-state index contributed by atoms with van der Waals surface area (Å²) in [5.41, 5.74) is 5.98. The number of carbonyl (C=O) groups excluding carboxylic acids is 1. The van der Waals surface area contributed by atoms with E-state index in [1.165, 1.54) is 0 Å². The van der Waals surface area contributed by atoms with E-state index in [4.69, 9.17) is 10.5 Å². The number of amides is 1. The Hall–Kier alpha value is -0.320. The first-order chi connectivity index (χ1) is 7.16. The molecule has 0 radical (unpaired) electrons. The first-order valence-corrected chi connectivity index (χ1v) is 5.75. The molecule has 16 heavy (non-hydrogen) atoms. The molecule has 5 heteroatoms. The van der Waals surface area contributed by atoms with Gasteiger partial charge in [0.15, 0.2) is 0 Å². The summed E-state index contributed by atoms with van der Waals surface area (Å²) in [6.45, 7) is 4.33. The molecule has 0 aromatic rings. The van der Waals surface area contributed by atoms with Crippen molar-refractivity contribution in [3.8, 4) is 0 Å². The van der Waals surface area contributed by atoms with Crippen LogP contribution in [0.15, 0.2) is 0 Å². The zero-order valence-corrected chi connectivity index (χ0v) is 11.0. The molecule has 0 aromatic carbocycles. The van der Waals surface area contributed by atoms with E-state index < -0.39 is 0 Å². The van der Waals surface area contributed by atoms with E-state index in [2.05, 4.69) is 6.92 Å². The van der Waals surface area contributed by atoms with Gasteiger partial charge in [-0.25, -0.2) is 0 Å². The lowest BCUT2D eigenvalue weighted by Crippen LogP contribution is -2.47. The maximum atomic E-state index is 11.9. The van der Waals surface area contributed by atoms with Crippen LogP contribution in [0.1, 0.15) is 26.2 Å². The molecule has 0 aliphatic carbocycles. The molecule has 1 fully saturated rings. The first kappa shape index (κ1) is 15.7. The molecule has 1 amide bonds. The van der Waals surface area contributed by atoms with Crippen molar-refractivity contribution in [3.05, 3.63) is 0 Å². The van der Waals surface area contributed by atoms with Crippen molar-refractivity contribution in [1.82, 2.24) is 4.90 Å². The van der Waals surface area contributed by atoms with Crippen LogP contribution in [0.4, 0.5) is 0 Å². The third-order valence-electron chi connectivity index (χ3n) is 2.99. The molecular weight excluding hydrogens is 228 g/mol. The number of hydrogen-bond acceptors (Lipinski definition) is 3. The molecule has 1 aliphatic heterocycles. The van der Waals surface area contributed by atoms with Crippen molar-refractivity contribution >= 4 is 18.3 Å². The summed E-state index contributed by atoms with van der Waals surface area (Å²) in [7, 11) is 1.82. The van der Waals surface area contributed by atoms with E-state index in [1.807, 2.05) is 7.05 Å². The van der Waals surface area contributed by atoms with Crippen LogP contribution in [0.3, 0.4) is 0 Å². The lowest BCUT2D eigenvalue weighted by Gasteiger charge is -2.29. The van der Waals surface area contributed by atoms with E-state index in [9.17, 15) is 4.79 Å². The molecule has 96 valence electrons. The van der Waals surface area contributed by atoms with Crippen molar-refractivity contribution in [2.24, 2.45) is 11.7 Å². The zero-order chi connectivity index (χ0) is 11.3. The highest BCUT2D eigenvalue weighted by atomic mass is 35.5. The maximum Gasteiger partial charge on any atom is 0.239 e. The van der Waals surface area contributed by atoms with Crippen LogP contribution in [0.25, 0.3) is 0 Å². The van der Waals surface area contributed by atoms with Crippen LogP contribution in [0, 0.1) is 5.92 Å².